The number of carbonyl (C=O) groups is 1. The first kappa shape index (κ1) is 15.7. The SMILES string of the molecule is Cc1noc(COC(=O)c2cccc(OCc3ccccc3)c2)n1. The normalized spacial score (nSPS) is 10.4. The van der Waals surface area contributed by atoms with Gasteiger partial charge in [-0.3, -0.25) is 0 Å². The van der Waals surface area contributed by atoms with Crippen LogP contribution >= 0.6 is 0 Å². The number of benzene rings is 2. The fourth-order valence-corrected chi connectivity index (χ4v) is 2.06. The van der Waals surface area contributed by atoms with E-state index in [1.165, 1.54) is 0 Å². The van der Waals surface area contributed by atoms with Crippen molar-refractivity contribution in [2.45, 2.75) is 20.1 Å². The minimum atomic E-state index is -0.476. The van der Waals surface area contributed by atoms with Crippen LogP contribution in [0.3, 0.4) is 0 Å². The van der Waals surface area contributed by atoms with Gasteiger partial charge in [0.15, 0.2) is 12.4 Å². The highest BCUT2D eigenvalue weighted by atomic mass is 16.6. The van der Waals surface area contributed by atoms with Crippen molar-refractivity contribution in [3.8, 4) is 5.75 Å². The largest absolute Gasteiger partial charge is 0.489 e. The standard InChI is InChI=1S/C18H16N2O4/c1-13-19-17(24-20-13)12-23-18(21)15-8-5-9-16(10-15)22-11-14-6-3-2-4-7-14/h2-10H,11-12H2,1H3. The third-order valence-electron chi connectivity index (χ3n) is 3.21. The molecule has 0 atom stereocenters. The van der Waals surface area contributed by atoms with E-state index in [1.807, 2.05) is 30.3 Å². The Labute approximate surface area is 139 Å². The number of nitrogens with zero attached hydrogens (tertiary/aromatic N) is 2. The molecule has 0 unspecified atom stereocenters. The van der Waals surface area contributed by atoms with Crippen LogP contribution in [0.25, 0.3) is 0 Å². The maximum absolute atomic E-state index is 12.1. The molecule has 0 spiro atoms. The van der Waals surface area contributed by atoms with Crippen molar-refractivity contribution in [2.75, 3.05) is 0 Å². The van der Waals surface area contributed by atoms with E-state index in [-0.39, 0.29) is 12.5 Å². The molecular weight excluding hydrogens is 308 g/mol. The second-order valence-electron chi connectivity index (χ2n) is 5.11. The topological polar surface area (TPSA) is 74.5 Å². The molecule has 2 aromatic carbocycles. The molecule has 0 saturated carbocycles. The summed E-state index contributed by atoms with van der Waals surface area (Å²) in [6.45, 7) is 2.07. The van der Waals surface area contributed by atoms with Gasteiger partial charge in [-0.1, -0.05) is 41.6 Å². The summed E-state index contributed by atoms with van der Waals surface area (Å²) < 4.78 is 15.8. The Balaban J connectivity index is 1.58. The van der Waals surface area contributed by atoms with Crippen molar-refractivity contribution < 1.29 is 18.8 Å². The minimum Gasteiger partial charge on any atom is -0.489 e. The van der Waals surface area contributed by atoms with E-state index in [2.05, 4.69) is 10.1 Å². The minimum absolute atomic E-state index is 0.0607. The highest BCUT2D eigenvalue weighted by Gasteiger charge is 2.11. The van der Waals surface area contributed by atoms with Gasteiger partial charge in [0.1, 0.15) is 12.4 Å². The quantitative estimate of drug-likeness (QED) is 0.648. The van der Waals surface area contributed by atoms with Crippen LogP contribution in [-0.2, 0) is 18.0 Å². The zero-order valence-electron chi connectivity index (χ0n) is 13.1. The molecule has 1 aromatic heterocycles. The summed E-state index contributed by atoms with van der Waals surface area (Å²) in [6.07, 6.45) is 0. The van der Waals surface area contributed by atoms with Gasteiger partial charge in [0.25, 0.3) is 5.89 Å². The molecule has 0 aliphatic heterocycles. The summed E-state index contributed by atoms with van der Waals surface area (Å²) in [4.78, 5) is 16.1. The van der Waals surface area contributed by atoms with Gasteiger partial charge < -0.3 is 14.0 Å². The van der Waals surface area contributed by atoms with E-state index in [4.69, 9.17) is 14.0 Å². The van der Waals surface area contributed by atoms with Crippen LogP contribution in [0.2, 0.25) is 0 Å². The van der Waals surface area contributed by atoms with Gasteiger partial charge in [0.2, 0.25) is 0 Å². The molecule has 3 rings (SSSR count). The Morgan fingerprint density at radius 1 is 1.08 bits per heavy atom. The fourth-order valence-electron chi connectivity index (χ4n) is 2.06. The first-order valence-corrected chi connectivity index (χ1v) is 7.44. The summed E-state index contributed by atoms with van der Waals surface area (Å²) >= 11 is 0. The van der Waals surface area contributed by atoms with E-state index < -0.39 is 5.97 Å². The van der Waals surface area contributed by atoms with Crippen molar-refractivity contribution in [3.05, 3.63) is 77.4 Å². The molecule has 0 saturated heterocycles. The Kier molecular flexibility index (Phi) is 4.86. The van der Waals surface area contributed by atoms with Crippen LogP contribution < -0.4 is 4.74 Å². The molecule has 0 amide bonds. The van der Waals surface area contributed by atoms with Crippen LogP contribution in [0.15, 0.2) is 59.1 Å². The van der Waals surface area contributed by atoms with Crippen LogP contribution in [0.5, 0.6) is 5.75 Å². The molecule has 6 nitrogen and oxygen atoms in total. The lowest BCUT2D eigenvalue weighted by Crippen LogP contribution is -2.06. The predicted octanol–water partition coefficient (Wildman–Crippen LogP) is 3.31. The number of ether oxygens (including phenoxy) is 2. The molecule has 1 heterocycles. The van der Waals surface area contributed by atoms with Gasteiger partial charge >= 0.3 is 5.97 Å². The Bertz CT molecular complexity index is 815. The molecule has 6 heteroatoms. The smallest absolute Gasteiger partial charge is 0.338 e. The summed E-state index contributed by atoms with van der Waals surface area (Å²) in [5.41, 5.74) is 1.45. The second-order valence-corrected chi connectivity index (χ2v) is 5.11. The third kappa shape index (κ3) is 4.19. The summed E-state index contributed by atoms with van der Waals surface area (Å²) in [6, 6.07) is 16.6. The van der Waals surface area contributed by atoms with Crippen LogP contribution in [0, 0.1) is 6.92 Å². The zero-order chi connectivity index (χ0) is 16.8. The molecule has 0 aliphatic carbocycles. The number of aryl methyl sites for hydroxylation is 1. The third-order valence-corrected chi connectivity index (χ3v) is 3.21. The van der Waals surface area contributed by atoms with Crippen LogP contribution in [-0.4, -0.2) is 16.1 Å². The maximum Gasteiger partial charge on any atom is 0.338 e. The molecule has 3 aromatic rings. The summed E-state index contributed by atoms with van der Waals surface area (Å²) in [5.74, 6) is 0.882. The molecule has 0 N–H and O–H groups in total. The zero-order valence-corrected chi connectivity index (χ0v) is 13.1. The molecule has 0 fully saturated rings. The van der Waals surface area contributed by atoms with Crippen molar-refractivity contribution in [2.24, 2.45) is 0 Å². The Morgan fingerprint density at radius 3 is 2.67 bits per heavy atom. The Morgan fingerprint density at radius 2 is 1.92 bits per heavy atom. The number of esters is 1. The van der Waals surface area contributed by atoms with E-state index in [9.17, 15) is 4.79 Å². The predicted molar refractivity (Wildman–Crippen MR) is 85.4 cm³/mol. The van der Waals surface area contributed by atoms with Crippen molar-refractivity contribution in [3.63, 3.8) is 0 Å². The molecule has 0 bridgehead atoms. The first-order valence-electron chi connectivity index (χ1n) is 7.44. The Hall–Kier alpha value is -3.15. The van der Waals surface area contributed by atoms with Gasteiger partial charge in [-0.2, -0.15) is 4.98 Å². The number of hydrogen-bond donors (Lipinski definition) is 0. The van der Waals surface area contributed by atoms with Crippen LogP contribution in [0.4, 0.5) is 0 Å². The average Bonchev–Trinajstić information content (AvgIpc) is 3.04. The van der Waals surface area contributed by atoms with Gasteiger partial charge in [-0.15, -0.1) is 0 Å². The molecule has 0 radical (unpaired) electrons. The highest BCUT2D eigenvalue weighted by Crippen LogP contribution is 2.16. The van der Waals surface area contributed by atoms with Gasteiger partial charge in [0, 0.05) is 0 Å². The van der Waals surface area contributed by atoms with Gasteiger partial charge in [-0.05, 0) is 30.7 Å². The maximum atomic E-state index is 12.1. The number of aromatic nitrogens is 2. The van der Waals surface area contributed by atoms with E-state index in [0.717, 1.165) is 5.56 Å². The van der Waals surface area contributed by atoms with Gasteiger partial charge in [-0.25, -0.2) is 4.79 Å². The highest BCUT2D eigenvalue weighted by molar-refractivity contribution is 5.89. The fraction of sp³-hybridized carbons (Fsp3) is 0.167. The lowest BCUT2D eigenvalue weighted by Gasteiger charge is -2.08. The second kappa shape index (κ2) is 7.41. The average molecular weight is 324 g/mol. The first-order chi connectivity index (χ1) is 11.7. The molecule has 0 aliphatic rings. The van der Waals surface area contributed by atoms with Crippen LogP contribution in [0.1, 0.15) is 27.6 Å². The van der Waals surface area contributed by atoms with E-state index in [0.29, 0.717) is 23.7 Å². The van der Waals surface area contributed by atoms with Crippen molar-refractivity contribution in [1.82, 2.24) is 10.1 Å². The lowest BCUT2D eigenvalue weighted by atomic mass is 10.2. The van der Waals surface area contributed by atoms with Gasteiger partial charge in [0.05, 0.1) is 5.56 Å². The molecule has 24 heavy (non-hydrogen) atoms. The van der Waals surface area contributed by atoms with Crippen molar-refractivity contribution in [1.29, 1.82) is 0 Å². The van der Waals surface area contributed by atoms with E-state index in [1.54, 1.807) is 31.2 Å². The monoisotopic (exact) mass is 324 g/mol. The molecular formula is C18H16N2O4. The number of hydrogen-bond acceptors (Lipinski definition) is 6. The van der Waals surface area contributed by atoms with E-state index >= 15 is 0 Å². The number of carbonyl (C=O) groups excluding carboxylic acids is 1. The summed E-state index contributed by atoms with van der Waals surface area (Å²) in [7, 11) is 0. The molecule has 122 valence electrons. The number of rotatable bonds is 6. The van der Waals surface area contributed by atoms with Crippen molar-refractivity contribution >= 4 is 5.97 Å². The lowest BCUT2D eigenvalue weighted by molar-refractivity contribution is 0.0429. The summed E-state index contributed by atoms with van der Waals surface area (Å²) in [5, 5.41) is 3.64.